The first-order valence-corrected chi connectivity index (χ1v) is 10.3. The molecule has 2 aliphatic carbocycles. The Hall–Kier alpha value is -2.96. The molecule has 7 heteroatoms. The number of rotatable bonds is 2. The number of hydrogen-bond donors (Lipinski definition) is 1. The van der Waals surface area contributed by atoms with E-state index in [9.17, 15) is 18.0 Å². The second kappa shape index (κ2) is 6.05. The van der Waals surface area contributed by atoms with Crippen molar-refractivity contribution in [1.82, 2.24) is 9.97 Å². The molecule has 0 saturated heterocycles. The van der Waals surface area contributed by atoms with Crippen LogP contribution in [0, 0.1) is 5.41 Å². The minimum absolute atomic E-state index is 0.126. The molecule has 2 bridgehead atoms. The monoisotopic (exact) mass is 425 g/mol. The first kappa shape index (κ1) is 20.0. The molecule has 0 spiro atoms. The molecule has 2 aromatic carbocycles. The Morgan fingerprint density at radius 2 is 1.58 bits per heavy atom. The Kier molecular flexibility index (Phi) is 3.90. The Labute approximate surface area is 177 Å². The quantitative estimate of drug-likeness (QED) is 0.580. The molecule has 160 valence electrons. The van der Waals surface area contributed by atoms with Crippen molar-refractivity contribution in [3.8, 4) is 0 Å². The molecule has 4 nitrogen and oxygen atoms in total. The number of para-hydroxylation sites is 2. The maximum atomic E-state index is 13.8. The minimum Gasteiger partial charge on any atom is -0.325 e. The molecule has 3 aromatic rings. The van der Waals surface area contributed by atoms with Crippen LogP contribution >= 0.6 is 0 Å². The molecule has 2 aliphatic rings. The van der Waals surface area contributed by atoms with Gasteiger partial charge in [0.25, 0.3) is 0 Å². The molecule has 2 atom stereocenters. The van der Waals surface area contributed by atoms with E-state index in [1.807, 2.05) is 38.1 Å². The van der Waals surface area contributed by atoms with Gasteiger partial charge in [0.2, 0.25) is 5.91 Å². The van der Waals surface area contributed by atoms with E-state index in [1.54, 1.807) is 0 Å². The van der Waals surface area contributed by atoms with Crippen LogP contribution in [0.1, 0.15) is 50.6 Å². The lowest BCUT2D eigenvalue weighted by molar-refractivity contribution is -0.137. The van der Waals surface area contributed by atoms with Crippen LogP contribution < -0.4 is 5.32 Å². The third-order valence-electron chi connectivity index (χ3n) is 7.78. The van der Waals surface area contributed by atoms with Gasteiger partial charge in [-0.25, -0.2) is 9.97 Å². The van der Waals surface area contributed by atoms with Crippen molar-refractivity contribution < 1.29 is 18.0 Å². The van der Waals surface area contributed by atoms with Gasteiger partial charge in [-0.2, -0.15) is 13.2 Å². The Morgan fingerprint density at radius 1 is 0.935 bits per heavy atom. The molecule has 1 N–H and O–H groups in total. The number of nitrogens with one attached hydrogen (secondary N) is 1. The van der Waals surface area contributed by atoms with Crippen LogP contribution in [0.5, 0.6) is 0 Å². The third kappa shape index (κ3) is 2.46. The number of carbonyl (C=O) groups is 1. The molecule has 0 radical (unpaired) electrons. The van der Waals surface area contributed by atoms with Crippen molar-refractivity contribution in [3.05, 3.63) is 65.5 Å². The van der Waals surface area contributed by atoms with Crippen molar-refractivity contribution in [2.75, 3.05) is 5.32 Å². The highest BCUT2D eigenvalue weighted by Gasteiger charge is 2.73. The van der Waals surface area contributed by atoms with E-state index in [0.29, 0.717) is 17.6 Å². The zero-order valence-corrected chi connectivity index (χ0v) is 17.5. The summed E-state index contributed by atoms with van der Waals surface area (Å²) in [6, 6.07) is 12.3. The summed E-state index contributed by atoms with van der Waals surface area (Å²) >= 11 is 0. The maximum Gasteiger partial charge on any atom is 0.416 e. The van der Waals surface area contributed by atoms with Crippen LogP contribution in [0.2, 0.25) is 0 Å². The van der Waals surface area contributed by atoms with Crippen molar-refractivity contribution >= 4 is 22.6 Å². The normalized spacial score (nSPS) is 26.1. The van der Waals surface area contributed by atoms with Crippen LogP contribution in [0.15, 0.2) is 48.5 Å². The summed E-state index contributed by atoms with van der Waals surface area (Å²) in [5, 5.41) is 2.77. The molecule has 0 unspecified atom stereocenters. The fourth-order valence-corrected chi connectivity index (χ4v) is 5.56. The number of hydrogen-bond acceptors (Lipinski definition) is 3. The molecule has 5 rings (SSSR count). The van der Waals surface area contributed by atoms with Crippen molar-refractivity contribution in [2.24, 2.45) is 5.41 Å². The Morgan fingerprint density at radius 3 is 2.23 bits per heavy atom. The number of amides is 1. The van der Waals surface area contributed by atoms with Gasteiger partial charge >= 0.3 is 6.18 Å². The first-order chi connectivity index (χ1) is 14.5. The van der Waals surface area contributed by atoms with Gasteiger partial charge < -0.3 is 5.32 Å². The molecule has 1 aromatic heterocycles. The molecular weight excluding hydrogens is 403 g/mol. The third-order valence-corrected chi connectivity index (χ3v) is 7.78. The zero-order chi connectivity index (χ0) is 22.2. The minimum atomic E-state index is -4.48. The van der Waals surface area contributed by atoms with E-state index in [2.05, 4.69) is 12.2 Å². The fourth-order valence-electron chi connectivity index (χ4n) is 5.56. The van der Waals surface area contributed by atoms with E-state index >= 15 is 0 Å². The van der Waals surface area contributed by atoms with Gasteiger partial charge in [-0.1, -0.05) is 39.0 Å². The predicted molar refractivity (Wildman–Crippen MR) is 112 cm³/mol. The van der Waals surface area contributed by atoms with Crippen LogP contribution in [0.4, 0.5) is 18.9 Å². The van der Waals surface area contributed by atoms with E-state index in [1.165, 1.54) is 12.1 Å². The lowest BCUT2D eigenvalue weighted by Gasteiger charge is -2.39. The summed E-state index contributed by atoms with van der Waals surface area (Å²) in [6.07, 6.45) is -3.15. The highest BCUT2D eigenvalue weighted by molar-refractivity contribution is 6.02. The van der Waals surface area contributed by atoms with Crippen molar-refractivity contribution in [1.29, 1.82) is 0 Å². The lowest BCUT2D eigenvalue weighted by Crippen LogP contribution is -2.48. The summed E-state index contributed by atoms with van der Waals surface area (Å²) in [4.78, 5) is 23.5. The van der Waals surface area contributed by atoms with Gasteiger partial charge in [0, 0.05) is 11.1 Å². The highest BCUT2D eigenvalue weighted by Crippen LogP contribution is 2.70. The standard InChI is InChI=1S/C24H22F3N3O/c1-21(2)22(3)11-12-23(21,19-18(22)29-16-9-4-5-10-17(16)30-19)20(31)28-15-8-6-7-14(13-15)24(25,26)27/h4-10,13H,11-12H2,1-3H3,(H,28,31)/t22-,23+/m0/s1. The summed E-state index contributed by atoms with van der Waals surface area (Å²) in [7, 11) is 0. The predicted octanol–water partition coefficient (Wildman–Crippen LogP) is 5.62. The van der Waals surface area contributed by atoms with Crippen molar-refractivity contribution in [3.63, 3.8) is 0 Å². The highest BCUT2D eigenvalue weighted by atomic mass is 19.4. The summed E-state index contributed by atoms with van der Waals surface area (Å²) < 4.78 is 39.4. The van der Waals surface area contributed by atoms with Crippen LogP contribution in [-0.4, -0.2) is 15.9 Å². The summed E-state index contributed by atoms with van der Waals surface area (Å²) in [5.74, 6) is -0.330. The van der Waals surface area contributed by atoms with Crippen molar-refractivity contribution in [2.45, 2.75) is 50.6 Å². The molecular formula is C24H22F3N3O. The fraction of sp³-hybridized carbons (Fsp3) is 0.375. The van der Waals surface area contributed by atoms with E-state index in [0.717, 1.165) is 29.8 Å². The molecule has 1 saturated carbocycles. The van der Waals surface area contributed by atoms with E-state index in [4.69, 9.17) is 9.97 Å². The average molecular weight is 425 g/mol. The summed E-state index contributed by atoms with van der Waals surface area (Å²) in [5.41, 5.74) is 0.449. The number of alkyl halides is 3. The second-order valence-corrected chi connectivity index (χ2v) is 9.30. The second-order valence-electron chi connectivity index (χ2n) is 9.30. The van der Waals surface area contributed by atoms with E-state index < -0.39 is 22.6 Å². The van der Waals surface area contributed by atoms with Crippen LogP contribution in [-0.2, 0) is 21.8 Å². The van der Waals surface area contributed by atoms with Crippen LogP contribution in [0.3, 0.4) is 0 Å². The molecule has 1 fully saturated rings. The number of anilines is 1. The average Bonchev–Trinajstić information content (AvgIpc) is 3.01. The van der Waals surface area contributed by atoms with Crippen LogP contribution in [0.25, 0.3) is 11.0 Å². The zero-order valence-electron chi connectivity index (χ0n) is 17.5. The molecule has 1 heterocycles. The smallest absolute Gasteiger partial charge is 0.325 e. The largest absolute Gasteiger partial charge is 0.416 e. The van der Waals surface area contributed by atoms with Gasteiger partial charge in [-0.3, -0.25) is 4.79 Å². The Balaban J connectivity index is 1.64. The first-order valence-electron chi connectivity index (χ1n) is 10.3. The number of benzene rings is 2. The number of aromatic nitrogens is 2. The Bertz CT molecular complexity index is 1240. The number of nitrogens with zero attached hydrogens (tertiary/aromatic N) is 2. The SMILES string of the molecule is CC1(C)[C@@]2(C)CC[C@]1(C(=O)Nc1cccc(C(F)(F)F)c1)c1nc3ccccc3nc12. The molecule has 0 aliphatic heterocycles. The summed E-state index contributed by atoms with van der Waals surface area (Å²) in [6.45, 7) is 6.20. The van der Waals surface area contributed by atoms with Gasteiger partial charge in [0.15, 0.2) is 0 Å². The molecule has 1 amide bonds. The van der Waals surface area contributed by atoms with Gasteiger partial charge in [-0.05, 0) is 48.6 Å². The van der Waals surface area contributed by atoms with E-state index in [-0.39, 0.29) is 17.0 Å². The number of carbonyl (C=O) groups excluding carboxylic acids is 1. The topological polar surface area (TPSA) is 54.9 Å². The van der Waals surface area contributed by atoms with Gasteiger partial charge in [-0.15, -0.1) is 0 Å². The number of fused-ring (bicyclic) bond motifs is 6. The molecule has 31 heavy (non-hydrogen) atoms. The van der Waals surface area contributed by atoms with Gasteiger partial charge in [0.05, 0.1) is 33.4 Å². The maximum absolute atomic E-state index is 13.8. The van der Waals surface area contributed by atoms with Gasteiger partial charge in [0.1, 0.15) is 0 Å². The lowest BCUT2D eigenvalue weighted by atomic mass is 9.63. The number of halogens is 3.